The van der Waals surface area contributed by atoms with Gasteiger partial charge in [-0.2, -0.15) is 5.10 Å². The Morgan fingerprint density at radius 1 is 1.50 bits per heavy atom. The monoisotopic (exact) mass is 247 g/mol. The van der Waals surface area contributed by atoms with Gasteiger partial charge in [0.05, 0.1) is 6.20 Å². The first-order valence-corrected chi connectivity index (χ1v) is 5.69. The first-order valence-electron chi connectivity index (χ1n) is 5.69. The van der Waals surface area contributed by atoms with Gasteiger partial charge in [-0.25, -0.2) is 0 Å². The Bertz CT molecular complexity index is 542. The molecule has 2 heterocycles. The summed E-state index contributed by atoms with van der Waals surface area (Å²) in [5.74, 6) is -0.202. The molecule has 2 aromatic rings. The second kappa shape index (κ2) is 5.05. The second-order valence-corrected chi connectivity index (χ2v) is 4.33. The maximum Gasteiger partial charge on any atom is 0.241 e. The molecule has 0 bridgehead atoms. The average molecular weight is 247 g/mol. The molecule has 0 radical (unpaired) electrons. The van der Waals surface area contributed by atoms with Crippen molar-refractivity contribution in [1.82, 2.24) is 19.7 Å². The molecule has 2 rings (SSSR count). The number of rotatable bonds is 4. The van der Waals surface area contributed by atoms with Crippen molar-refractivity contribution in [3.63, 3.8) is 0 Å². The minimum Gasteiger partial charge on any atom is -0.357 e. The predicted molar refractivity (Wildman–Crippen MR) is 67.4 cm³/mol. The van der Waals surface area contributed by atoms with Crippen molar-refractivity contribution < 1.29 is 4.79 Å². The van der Waals surface area contributed by atoms with Crippen molar-refractivity contribution >= 4 is 5.91 Å². The molecule has 18 heavy (non-hydrogen) atoms. The van der Waals surface area contributed by atoms with Crippen LogP contribution in [0.2, 0.25) is 0 Å². The summed E-state index contributed by atoms with van der Waals surface area (Å²) in [6.07, 6.45) is 7.23. The summed E-state index contributed by atoms with van der Waals surface area (Å²) in [6, 6.07) is 1.28. The minimum absolute atomic E-state index is 0.202. The summed E-state index contributed by atoms with van der Waals surface area (Å²) in [7, 11) is 3.73. The van der Waals surface area contributed by atoms with E-state index >= 15 is 0 Å². The van der Waals surface area contributed by atoms with E-state index in [9.17, 15) is 4.79 Å². The van der Waals surface area contributed by atoms with E-state index in [2.05, 4.69) is 10.4 Å². The molecule has 0 spiro atoms. The Labute approximate surface area is 105 Å². The Morgan fingerprint density at radius 3 is 2.83 bits per heavy atom. The van der Waals surface area contributed by atoms with Gasteiger partial charge in [-0.05, 0) is 11.6 Å². The molecule has 0 aliphatic heterocycles. The van der Waals surface area contributed by atoms with E-state index in [1.165, 1.54) is 0 Å². The first kappa shape index (κ1) is 12.4. The number of aromatic nitrogens is 3. The van der Waals surface area contributed by atoms with E-state index in [4.69, 9.17) is 5.73 Å². The van der Waals surface area contributed by atoms with Crippen LogP contribution in [0.15, 0.2) is 30.9 Å². The van der Waals surface area contributed by atoms with E-state index in [0.29, 0.717) is 12.1 Å². The fourth-order valence-electron chi connectivity index (χ4n) is 1.72. The van der Waals surface area contributed by atoms with Crippen LogP contribution in [0.3, 0.4) is 0 Å². The molecule has 2 aromatic heterocycles. The molecule has 1 atom stereocenters. The number of nitrogens with two attached hydrogens (primary N) is 1. The summed E-state index contributed by atoms with van der Waals surface area (Å²) < 4.78 is 3.56. The highest BCUT2D eigenvalue weighted by atomic mass is 16.2. The van der Waals surface area contributed by atoms with E-state index in [-0.39, 0.29) is 5.91 Å². The van der Waals surface area contributed by atoms with E-state index in [0.717, 1.165) is 5.56 Å². The first-order chi connectivity index (χ1) is 8.56. The molecule has 0 aliphatic rings. The quantitative estimate of drug-likeness (QED) is 0.803. The summed E-state index contributed by atoms with van der Waals surface area (Å²) >= 11 is 0. The predicted octanol–water partition coefficient (Wildman–Crippen LogP) is 0.0748. The van der Waals surface area contributed by atoms with Crippen molar-refractivity contribution in [3.05, 3.63) is 42.0 Å². The highest BCUT2D eigenvalue weighted by molar-refractivity contribution is 5.82. The molecular formula is C12H17N5O. The molecule has 0 aliphatic carbocycles. The van der Waals surface area contributed by atoms with Gasteiger partial charge in [0.2, 0.25) is 5.91 Å². The van der Waals surface area contributed by atoms with Gasteiger partial charge in [-0.3, -0.25) is 9.48 Å². The third-order valence-electron chi connectivity index (χ3n) is 2.73. The normalized spacial score (nSPS) is 12.4. The molecule has 0 aromatic carbocycles. The van der Waals surface area contributed by atoms with Crippen LogP contribution in [0.5, 0.6) is 0 Å². The summed E-state index contributed by atoms with van der Waals surface area (Å²) in [4.78, 5) is 11.9. The number of amides is 1. The molecule has 6 heteroatoms. The highest BCUT2D eigenvalue weighted by Gasteiger charge is 2.16. The zero-order valence-electron chi connectivity index (χ0n) is 10.5. The van der Waals surface area contributed by atoms with Gasteiger partial charge < -0.3 is 15.6 Å². The van der Waals surface area contributed by atoms with Crippen LogP contribution in [-0.2, 0) is 25.4 Å². The average Bonchev–Trinajstić information content (AvgIpc) is 2.94. The zero-order chi connectivity index (χ0) is 13.1. The van der Waals surface area contributed by atoms with E-state index in [1.807, 2.05) is 30.1 Å². The molecule has 6 nitrogen and oxygen atoms in total. The van der Waals surface area contributed by atoms with Crippen LogP contribution in [0.1, 0.15) is 17.2 Å². The molecule has 1 unspecified atom stereocenters. The van der Waals surface area contributed by atoms with Gasteiger partial charge in [0.1, 0.15) is 6.04 Å². The molecule has 0 fully saturated rings. The fourth-order valence-corrected chi connectivity index (χ4v) is 1.72. The standard InChI is InChI=1S/C12H17N5O/c1-16-4-3-9(7-16)5-14-12(18)11(13)10-6-15-17(2)8-10/h3-4,6-8,11H,5,13H2,1-2H3,(H,14,18). The number of hydrogen-bond acceptors (Lipinski definition) is 3. The lowest BCUT2D eigenvalue weighted by molar-refractivity contribution is -0.122. The number of hydrogen-bond donors (Lipinski definition) is 2. The van der Waals surface area contributed by atoms with E-state index in [1.54, 1.807) is 24.1 Å². The number of carbonyl (C=O) groups excluding carboxylic acids is 1. The van der Waals surface area contributed by atoms with Crippen molar-refractivity contribution in [2.75, 3.05) is 0 Å². The zero-order valence-corrected chi connectivity index (χ0v) is 10.5. The maximum atomic E-state index is 11.9. The van der Waals surface area contributed by atoms with Crippen molar-refractivity contribution in [2.45, 2.75) is 12.6 Å². The maximum absolute atomic E-state index is 11.9. The molecule has 0 saturated carbocycles. The second-order valence-electron chi connectivity index (χ2n) is 4.33. The Kier molecular flexibility index (Phi) is 3.47. The summed E-state index contributed by atoms with van der Waals surface area (Å²) in [6.45, 7) is 0.480. The lowest BCUT2D eigenvalue weighted by Gasteiger charge is -2.09. The Hall–Kier alpha value is -2.08. The highest BCUT2D eigenvalue weighted by Crippen LogP contribution is 2.08. The summed E-state index contributed by atoms with van der Waals surface area (Å²) in [5, 5.41) is 6.80. The molecular weight excluding hydrogens is 230 g/mol. The van der Waals surface area contributed by atoms with Crippen LogP contribution >= 0.6 is 0 Å². The lowest BCUT2D eigenvalue weighted by atomic mass is 10.1. The topological polar surface area (TPSA) is 77.9 Å². The molecule has 1 amide bonds. The van der Waals surface area contributed by atoms with Crippen LogP contribution < -0.4 is 11.1 Å². The molecule has 3 N–H and O–H groups in total. The number of nitrogens with one attached hydrogen (secondary N) is 1. The van der Waals surface area contributed by atoms with Gasteiger partial charge >= 0.3 is 0 Å². The number of carbonyl (C=O) groups is 1. The van der Waals surface area contributed by atoms with Crippen molar-refractivity contribution in [1.29, 1.82) is 0 Å². The smallest absolute Gasteiger partial charge is 0.241 e. The fraction of sp³-hybridized carbons (Fsp3) is 0.333. The largest absolute Gasteiger partial charge is 0.357 e. The molecule has 0 saturated heterocycles. The Morgan fingerprint density at radius 2 is 2.28 bits per heavy atom. The van der Waals surface area contributed by atoms with Gasteiger partial charge in [0.15, 0.2) is 0 Å². The van der Waals surface area contributed by atoms with Crippen LogP contribution in [0.25, 0.3) is 0 Å². The number of aryl methyl sites for hydroxylation is 2. The summed E-state index contributed by atoms with van der Waals surface area (Å²) in [5.41, 5.74) is 7.61. The van der Waals surface area contributed by atoms with Gasteiger partial charge in [-0.15, -0.1) is 0 Å². The van der Waals surface area contributed by atoms with Crippen molar-refractivity contribution in [3.8, 4) is 0 Å². The van der Waals surface area contributed by atoms with Gasteiger partial charge in [0, 0.05) is 44.8 Å². The van der Waals surface area contributed by atoms with E-state index < -0.39 is 6.04 Å². The van der Waals surface area contributed by atoms with Crippen LogP contribution in [0, 0.1) is 0 Å². The van der Waals surface area contributed by atoms with Gasteiger partial charge in [-0.1, -0.05) is 0 Å². The Balaban J connectivity index is 1.92. The minimum atomic E-state index is -0.678. The SMILES string of the molecule is Cn1ccc(CNC(=O)C(N)c2cnn(C)c2)c1. The third kappa shape index (κ3) is 2.78. The molecule has 96 valence electrons. The number of nitrogens with zero attached hydrogens (tertiary/aromatic N) is 3. The third-order valence-corrected chi connectivity index (χ3v) is 2.73. The van der Waals surface area contributed by atoms with Crippen LogP contribution in [0.4, 0.5) is 0 Å². The van der Waals surface area contributed by atoms with Crippen molar-refractivity contribution in [2.24, 2.45) is 19.8 Å². The van der Waals surface area contributed by atoms with Gasteiger partial charge in [0.25, 0.3) is 0 Å². The van der Waals surface area contributed by atoms with Crippen LogP contribution in [-0.4, -0.2) is 20.3 Å². The lowest BCUT2D eigenvalue weighted by Crippen LogP contribution is -2.33.